The zero-order valence-corrected chi connectivity index (χ0v) is 64.8. The van der Waals surface area contributed by atoms with E-state index in [4.69, 9.17) is 29.9 Å². The van der Waals surface area contributed by atoms with Gasteiger partial charge in [0, 0.05) is 89.6 Å². The number of furan rings is 2. The van der Waals surface area contributed by atoms with E-state index in [2.05, 4.69) is 350 Å². The van der Waals surface area contributed by atoms with Gasteiger partial charge in [0.2, 0.25) is 0 Å². The van der Waals surface area contributed by atoms with Crippen LogP contribution in [-0.2, 0) is 10.8 Å². The van der Waals surface area contributed by atoms with Crippen LogP contribution in [0.5, 0.6) is 23.0 Å². The van der Waals surface area contributed by atoms with Gasteiger partial charge in [-0.15, -0.1) is 0 Å². The Hall–Kier alpha value is -14.2. The molecular weight excluding hydrogens is 1440 g/mol. The number of nitrogens with zero attached hydrogens (tertiary/aromatic N) is 4. The zero-order valence-electron chi connectivity index (χ0n) is 64.0. The van der Waals surface area contributed by atoms with Gasteiger partial charge < -0.3 is 37.2 Å². The molecule has 0 bridgehead atoms. The first kappa shape index (κ1) is 67.4. The Bertz CT molecular complexity index is 7440. The molecule has 2 aliphatic heterocycles. The van der Waals surface area contributed by atoms with E-state index in [0.717, 1.165) is 106 Å². The van der Waals surface area contributed by atoms with E-state index in [-0.39, 0.29) is 17.5 Å². The van der Waals surface area contributed by atoms with E-state index in [1.165, 1.54) is 99.8 Å². The number of hydrogen-bond donors (Lipinski definition) is 0. The van der Waals surface area contributed by atoms with Crippen molar-refractivity contribution in [3.8, 4) is 79.1 Å². The van der Waals surface area contributed by atoms with Gasteiger partial charge in [-0.05, 0) is 170 Å². The van der Waals surface area contributed by atoms with Gasteiger partial charge in [0.25, 0.3) is 6.71 Å². The second-order valence-electron chi connectivity index (χ2n) is 31.8. The molecule has 0 spiro atoms. The van der Waals surface area contributed by atoms with Crippen LogP contribution >= 0.6 is 11.6 Å². The molecule has 0 amide bonds. The van der Waals surface area contributed by atoms with Crippen LogP contribution in [0.25, 0.3) is 122 Å². The lowest BCUT2D eigenvalue weighted by molar-refractivity contribution is 0.483. The van der Waals surface area contributed by atoms with Crippen molar-refractivity contribution in [2.24, 2.45) is 0 Å². The minimum absolute atomic E-state index is 0.0217. The van der Waals surface area contributed by atoms with Crippen LogP contribution in [-0.4, -0.2) is 15.8 Å². The highest BCUT2D eigenvalue weighted by Gasteiger charge is 2.47. The van der Waals surface area contributed by atoms with E-state index < -0.39 is 0 Å². The second-order valence-corrected chi connectivity index (χ2v) is 32.2. The minimum atomic E-state index is -0.168. The molecule has 0 radical (unpaired) electrons. The van der Waals surface area contributed by atoms with Crippen molar-refractivity contribution in [2.75, 3.05) is 9.80 Å². The van der Waals surface area contributed by atoms with Crippen molar-refractivity contribution < 1.29 is 18.3 Å². The third kappa shape index (κ3) is 10.1. The molecule has 0 saturated carbocycles. The molecule has 10 heteroatoms. The Morgan fingerprint density at radius 3 is 1.46 bits per heavy atom. The Kier molecular flexibility index (Phi) is 15.1. The molecule has 550 valence electrons. The normalized spacial score (nSPS) is 13.4. The fourth-order valence-corrected chi connectivity index (χ4v) is 20.0. The number of fused-ring (bicyclic) bond motifs is 20. The van der Waals surface area contributed by atoms with Crippen LogP contribution in [0.1, 0.15) is 49.9 Å². The van der Waals surface area contributed by atoms with Crippen LogP contribution in [0.4, 0.5) is 34.1 Å². The van der Waals surface area contributed by atoms with Gasteiger partial charge in [-0.1, -0.05) is 282 Å². The Balaban J connectivity index is 0.000000137. The summed E-state index contributed by atoms with van der Waals surface area (Å²) in [6.07, 6.45) is 0. The van der Waals surface area contributed by atoms with Crippen molar-refractivity contribution in [1.82, 2.24) is 9.13 Å². The van der Waals surface area contributed by atoms with Crippen molar-refractivity contribution in [3.05, 3.63) is 391 Å². The number of aromatic nitrogens is 2. The van der Waals surface area contributed by atoms with Crippen LogP contribution in [0, 0.1) is 0 Å². The van der Waals surface area contributed by atoms with Gasteiger partial charge in [-0.3, -0.25) is 0 Å². The lowest BCUT2D eigenvalue weighted by Gasteiger charge is -2.34. The maximum atomic E-state index is 7.45. The quantitative estimate of drug-likeness (QED) is 0.120. The second kappa shape index (κ2) is 25.9. The summed E-state index contributed by atoms with van der Waals surface area (Å²) in [5, 5.41) is 7.38. The molecule has 4 aliphatic rings. The van der Waals surface area contributed by atoms with Gasteiger partial charge in [0.15, 0.2) is 0 Å². The van der Waals surface area contributed by atoms with E-state index in [9.17, 15) is 0 Å². The van der Waals surface area contributed by atoms with Crippen LogP contribution in [0.2, 0.25) is 5.02 Å². The van der Waals surface area contributed by atoms with Crippen molar-refractivity contribution in [1.29, 1.82) is 0 Å². The maximum absolute atomic E-state index is 7.45. The Morgan fingerprint density at radius 1 is 0.353 bits per heavy atom. The number of para-hydroxylation sites is 4. The molecular formula is C106H72BClN4O4. The molecule has 20 aromatic rings. The highest BCUT2D eigenvalue weighted by Crippen LogP contribution is 2.57. The smallest absolute Gasteiger partial charge is 0.256 e. The molecule has 0 saturated heterocycles. The monoisotopic (exact) mass is 1510 g/mol. The van der Waals surface area contributed by atoms with Crippen molar-refractivity contribution in [3.63, 3.8) is 0 Å². The lowest BCUT2D eigenvalue weighted by atomic mass is 9.34. The SMILES string of the molecule is CC1(C)c2ccccc2-c2c1c1cccc3c1n2-c1cccc2c1B3c1ccc(N(c3ccc(-c4ccccc4)cc3)c3cccc4oc5ccccc5c34)cc1O2.CC1(C)c2ccccc2-c2c1c1ccccc1n2-c1cccc(Oc2cccc(N(c3ccc(-c4ccccc4)cc3)c3cccc4oc5ccccc5c34)c2)c1Cl. The standard InChI is InChI=1S/C53H35BN2O2.C53H37ClN2O2/c1-53(2)39-18-8-6-15-36(39)52-49(53)38-17-10-19-41-51(38)56(52)43-21-12-24-46-50(43)54(41)40-30-29-35(31-47(40)58-46)55(34-27-25-33(26-28-34)32-13-4-3-5-14-32)42-20-11-23-45-48(42)37-16-7-9-22-44(37)57-45;1-53(2)42-22-9-6-19-39(42)52-50(53)40-20-7-10-23-43(40)56(52)45-25-14-28-48(51(45)54)57-38-18-12-17-37(33-38)55(36-31-29-35(30-32-36)34-15-4-3-5-16-34)44-24-13-27-47-49(44)41-21-8-11-26-46(41)58-47/h3-31H,1-2H3;3-33H,1-2H3. The van der Waals surface area contributed by atoms with Gasteiger partial charge in [0.1, 0.15) is 50.4 Å². The molecule has 8 nitrogen and oxygen atoms in total. The zero-order chi connectivity index (χ0) is 77.2. The fraction of sp³-hybridized carbons (Fsp3) is 0.0566. The van der Waals surface area contributed by atoms with Crippen LogP contribution in [0.15, 0.2) is 373 Å². The van der Waals surface area contributed by atoms with Gasteiger partial charge >= 0.3 is 0 Å². The molecule has 24 rings (SSSR count). The van der Waals surface area contributed by atoms with Gasteiger partial charge in [-0.2, -0.15) is 0 Å². The van der Waals surface area contributed by atoms with Gasteiger partial charge in [-0.25, -0.2) is 0 Å². The maximum Gasteiger partial charge on any atom is 0.256 e. The highest BCUT2D eigenvalue weighted by molar-refractivity contribution is 6.99. The number of anilines is 6. The molecule has 0 fully saturated rings. The number of benzene rings is 16. The number of ether oxygens (including phenoxy) is 2. The minimum Gasteiger partial charge on any atom is -0.458 e. The molecule has 6 heterocycles. The average Bonchev–Trinajstić information content (AvgIpc) is 1.50. The molecule has 0 atom stereocenters. The third-order valence-electron chi connectivity index (χ3n) is 24.7. The van der Waals surface area contributed by atoms with E-state index >= 15 is 0 Å². The van der Waals surface area contributed by atoms with E-state index in [0.29, 0.717) is 16.5 Å². The summed E-state index contributed by atoms with van der Waals surface area (Å²) < 4.78 is 31.5. The predicted molar refractivity (Wildman–Crippen MR) is 479 cm³/mol. The average molecular weight is 1510 g/mol. The molecule has 116 heavy (non-hydrogen) atoms. The lowest BCUT2D eigenvalue weighted by Crippen LogP contribution is -2.58. The van der Waals surface area contributed by atoms with Crippen molar-refractivity contribution >= 4 is 135 Å². The summed E-state index contributed by atoms with van der Waals surface area (Å²) >= 11 is 7.45. The summed E-state index contributed by atoms with van der Waals surface area (Å²) in [5.74, 6) is 3.03. The molecule has 0 N–H and O–H groups in total. The Labute approximate surface area is 676 Å². The summed E-state index contributed by atoms with van der Waals surface area (Å²) in [4.78, 5) is 4.63. The first-order valence-electron chi connectivity index (χ1n) is 39.8. The van der Waals surface area contributed by atoms with E-state index in [1.807, 2.05) is 60.7 Å². The molecule has 2 aliphatic carbocycles. The van der Waals surface area contributed by atoms with Crippen LogP contribution < -0.4 is 35.7 Å². The van der Waals surface area contributed by atoms with Gasteiger partial charge in [0.05, 0.1) is 44.7 Å². The molecule has 0 unspecified atom stereocenters. The largest absolute Gasteiger partial charge is 0.458 e. The summed E-state index contributed by atoms with van der Waals surface area (Å²) in [6.45, 7) is 9.42. The third-order valence-corrected chi connectivity index (χ3v) is 25.1. The fourth-order valence-electron chi connectivity index (χ4n) is 19.7. The first-order valence-corrected chi connectivity index (χ1v) is 40.1. The summed E-state index contributed by atoms with van der Waals surface area (Å²) in [7, 11) is 0. The van der Waals surface area contributed by atoms with E-state index in [1.54, 1.807) is 0 Å². The Morgan fingerprint density at radius 2 is 0.828 bits per heavy atom. The predicted octanol–water partition coefficient (Wildman–Crippen LogP) is 27.3. The molecule has 4 aromatic heterocycles. The summed E-state index contributed by atoms with van der Waals surface area (Å²) in [6, 6.07) is 129. The highest BCUT2D eigenvalue weighted by atomic mass is 35.5. The number of halogens is 1. The number of rotatable bonds is 11. The molecule has 16 aromatic carbocycles. The summed E-state index contributed by atoms with van der Waals surface area (Å²) in [5.41, 5.74) is 32.5. The first-order chi connectivity index (χ1) is 57.0. The number of hydrogen-bond acceptors (Lipinski definition) is 6. The van der Waals surface area contributed by atoms with Crippen LogP contribution in [0.3, 0.4) is 0 Å². The topological polar surface area (TPSA) is 61.1 Å². The van der Waals surface area contributed by atoms with Crippen molar-refractivity contribution in [2.45, 2.75) is 38.5 Å².